The monoisotopic (exact) mass is 173 g/mol. The molecule has 1 nitrogen and oxygen atoms in total. The quantitative estimate of drug-likeness (QED) is 0.691. The van der Waals surface area contributed by atoms with E-state index in [9.17, 15) is 5.11 Å². The van der Waals surface area contributed by atoms with Crippen LogP contribution in [0.4, 0.5) is 0 Å². The Hall–Kier alpha value is -1.08. The fourth-order valence-corrected chi connectivity index (χ4v) is 1.57. The molecule has 0 spiro atoms. The van der Waals surface area contributed by atoms with Crippen LogP contribution < -0.4 is 0 Å². The molecule has 13 heavy (non-hydrogen) atoms. The van der Waals surface area contributed by atoms with E-state index in [1.54, 1.807) is 0 Å². The van der Waals surface area contributed by atoms with Gasteiger partial charge in [-0.3, -0.25) is 0 Å². The van der Waals surface area contributed by atoms with E-state index in [1.165, 1.54) is 5.56 Å². The van der Waals surface area contributed by atoms with Gasteiger partial charge in [0.1, 0.15) is 0 Å². The van der Waals surface area contributed by atoms with Crippen molar-refractivity contribution >= 4 is 6.08 Å². The molecule has 0 aliphatic heterocycles. The Labute approximate surface area is 78.7 Å². The average Bonchev–Trinajstić information content (AvgIpc) is 2.18. The predicted molar refractivity (Wildman–Crippen MR) is 54.1 cm³/mol. The number of fused-ring (bicyclic) bond motifs is 1. The smallest absolute Gasteiger partial charge is 0.0903 e. The van der Waals surface area contributed by atoms with Crippen molar-refractivity contribution in [2.75, 3.05) is 0 Å². The summed E-state index contributed by atoms with van der Waals surface area (Å²) in [5.41, 5.74) is 1.56. The van der Waals surface area contributed by atoms with E-state index in [0.29, 0.717) is 0 Å². The van der Waals surface area contributed by atoms with Crippen LogP contribution in [0.3, 0.4) is 0 Å². The molecule has 0 aromatic heterocycles. The molecule has 1 aliphatic rings. The van der Waals surface area contributed by atoms with Crippen molar-refractivity contribution in [2.24, 2.45) is 0 Å². The van der Waals surface area contributed by atoms with E-state index in [-0.39, 0.29) is 0 Å². The first kappa shape index (κ1) is 8.52. The molecule has 1 aromatic rings. The fourth-order valence-electron chi connectivity index (χ4n) is 1.57. The Morgan fingerprint density at radius 1 is 1.23 bits per heavy atom. The summed E-state index contributed by atoms with van der Waals surface area (Å²) in [5.74, 6) is 0. The summed E-state index contributed by atoms with van der Waals surface area (Å²) in [4.78, 5) is 0. The lowest BCUT2D eigenvalue weighted by Gasteiger charge is -2.27. The van der Waals surface area contributed by atoms with Crippen LogP contribution in [-0.4, -0.2) is 10.7 Å². The zero-order valence-electron chi connectivity index (χ0n) is 7.70. The molecule has 0 saturated carbocycles. The molecule has 0 fully saturated rings. The van der Waals surface area contributed by atoms with Gasteiger partial charge < -0.3 is 5.11 Å². The first-order chi connectivity index (χ1) is 6.23. The summed E-state index contributed by atoms with van der Waals surface area (Å²) in [6, 6.07) is 8.08. The van der Waals surface area contributed by atoms with Crippen LogP contribution >= 0.6 is 0 Å². The predicted octanol–water partition coefficient (Wildman–Crippen LogP) is 2.41. The number of benzene rings is 1. The van der Waals surface area contributed by atoms with Crippen LogP contribution in [0.5, 0.6) is 0 Å². The topological polar surface area (TPSA) is 20.2 Å². The second-order valence-electron chi connectivity index (χ2n) is 3.45. The average molecular weight is 173 g/mol. The first-order valence-electron chi connectivity index (χ1n) is 4.60. The van der Waals surface area contributed by atoms with E-state index in [2.05, 4.69) is 6.07 Å². The Kier molecular flexibility index (Phi) is 1.97. The second kappa shape index (κ2) is 3.00. The van der Waals surface area contributed by atoms with Crippen molar-refractivity contribution in [3.8, 4) is 0 Å². The molecular formula is C12H13O. The molecule has 0 amide bonds. The Morgan fingerprint density at radius 3 is 2.62 bits per heavy atom. The van der Waals surface area contributed by atoms with Crippen molar-refractivity contribution < 1.29 is 5.11 Å². The van der Waals surface area contributed by atoms with Crippen molar-refractivity contribution in [2.45, 2.75) is 18.9 Å². The Morgan fingerprint density at radius 2 is 1.92 bits per heavy atom. The normalized spacial score (nSPS) is 25.7. The Bertz CT molecular complexity index is 341. The van der Waals surface area contributed by atoms with Crippen LogP contribution in [0, 0.1) is 6.42 Å². The fraction of sp³-hybridized carbons (Fsp3) is 0.250. The third-order valence-corrected chi connectivity index (χ3v) is 2.52. The maximum atomic E-state index is 9.98. The van der Waals surface area contributed by atoms with E-state index in [1.807, 2.05) is 43.7 Å². The van der Waals surface area contributed by atoms with Gasteiger partial charge in [0.05, 0.1) is 5.60 Å². The molecule has 67 valence electrons. The van der Waals surface area contributed by atoms with Crippen LogP contribution in [0.1, 0.15) is 24.5 Å². The molecule has 1 unspecified atom stereocenters. The zero-order chi connectivity index (χ0) is 9.31. The molecule has 0 heterocycles. The summed E-state index contributed by atoms with van der Waals surface area (Å²) in [6.07, 6.45) is 6.48. The molecule has 1 aromatic carbocycles. The van der Waals surface area contributed by atoms with Gasteiger partial charge in [-0.2, -0.15) is 0 Å². The molecule has 0 bridgehead atoms. The van der Waals surface area contributed by atoms with E-state index in [0.717, 1.165) is 12.0 Å². The molecule has 1 atom stereocenters. The van der Waals surface area contributed by atoms with Crippen LogP contribution in [0.2, 0.25) is 0 Å². The Balaban J connectivity index is 2.39. The number of rotatable bonds is 1. The van der Waals surface area contributed by atoms with E-state index < -0.39 is 5.60 Å². The van der Waals surface area contributed by atoms with Gasteiger partial charge in [0, 0.05) is 6.42 Å². The first-order valence-corrected chi connectivity index (χ1v) is 4.60. The van der Waals surface area contributed by atoms with Crippen LogP contribution in [0.15, 0.2) is 30.3 Å². The summed E-state index contributed by atoms with van der Waals surface area (Å²) >= 11 is 0. The highest BCUT2D eigenvalue weighted by molar-refractivity contribution is 5.62. The van der Waals surface area contributed by atoms with E-state index in [4.69, 9.17) is 0 Å². The summed E-state index contributed by atoms with van der Waals surface area (Å²) in [6.45, 7) is 1.98. The molecule has 1 heteroatoms. The maximum Gasteiger partial charge on any atom is 0.0903 e. The molecule has 1 N–H and O–H groups in total. The highest BCUT2D eigenvalue weighted by Crippen LogP contribution is 2.29. The molecule has 2 rings (SSSR count). The highest BCUT2D eigenvalue weighted by atomic mass is 16.3. The van der Waals surface area contributed by atoms with Gasteiger partial charge in [0.2, 0.25) is 0 Å². The zero-order valence-corrected chi connectivity index (χ0v) is 7.70. The molecular weight excluding hydrogens is 160 g/mol. The lowest BCUT2D eigenvalue weighted by atomic mass is 9.84. The van der Waals surface area contributed by atoms with Crippen LogP contribution in [0.25, 0.3) is 6.08 Å². The summed E-state index contributed by atoms with van der Waals surface area (Å²) in [7, 11) is 0. The van der Waals surface area contributed by atoms with Gasteiger partial charge in [-0.1, -0.05) is 43.3 Å². The molecule has 0 saturated heterocycles. The van der Waals surface area contributed by atoms with Crippen LogP contribution in [-0.2, 0) is 0 Å². The third-order valence-electron chi connectivity index (χ3n) is 2.52. The van der Waals surface area contributed by atoms with Gasteiger partial charge in [-0.05, 0) is 17.5 Å². The lowest BCUT2D eigenvalue weighted by Crippen LogP contribution is -2.27. The maximum absolute atomic E-state index is 9.98. The summed E-state index contributed by atoms with van der Waals surface area (Å²) < 4.78 is 0. The number of hydrogen-bond donors (Lipinski definition) is 1. The van der Waals surface area contributed by atoms with Gasteiger partial charge in [-0.15, -0.1) is 0 Å². The summed E-state index contributed by atoms with van der Waals surface area (Å²) in [5, 5.41) is 9.98. The van der Waals surface area contributed by atoms with Crippen molar-refractivity contribution in [3.63, 3.8) is 0 Å². The van der Waals surface area contributed by atoms with Gasteiger partial charge in [0.15, 0.2) is 0 Å². The van der Waals surface area contributed by atoms with Crippen molar-refractivity contribution in [3.05, 3.63) is 47.9 Å². The van der Waals surface area contributed by atoms with Crippen molar-refractivity contribution in [1.82, 2.24) is 0 Å². The molecule has 1 radical (unpaired) electrons. The number of hydrogen-bond acceptors (Lipinski definition) is 1. The lowest BCUT2D eigenvalue weighted by molar-refractivity contribution is 0.124. The van der Waals surface area contributed by atoms with Crippen molar-refractivity contribution in [1.29, 1.82) is 0 Å². The minimum Gasteiger partial charge on any atom is -0.385 e. The largest absolute Gasteiger partial charge is 0.385 e. The van der Waals surface area contributed by atoms with Gasteiger partial charge in [0.25, 0.3) is 0 Å². The van der Waals surface area contributed by atoms with Gasteiger partial charge >= 0.3 is 0 Å². The number of aliphatic hydroxyl groups is 1. The minimum absolute atomic E-state index is 0.720. The molecule has 1 aliphatic carbocycles. The minimum atomic E-state index is -0.742. The second-order valence-corrected chi connectivity index (χ2v) is 3.45. The highest BCUT2D eigenvalue weighted by Gasteiger charge is 2.25. The standard InChI is InChI=1S/C12H13O/c1-2-12(13)8-7-10-5-3-4-6-11(10)9-12/h3-9,13H,2H2,1H3. The SMILES string of the molecule is CCC1(O)[CH]c2ccccc2C=C1. The van der Waals surface area contributed by atoms with Gasteiger partial charge in [-0.25, -0.2) is 0 Å². The van der Waals surface area contributed by atoms with E-state index >= 15 is 0 Å². The third kappa shape index (κ3) is 1.52.